The maximum absolute atomic E-state index is 12.9. The summed E-state index contributed by atoms with van der Waals surface area (Å²) in [4.78, 5) is 26.6. The van der Waals surface area contributed by atoms with Crippen LogP contribution in [0.15, 0.2) is 24.3 Å². The van der Waals surface area contributed by atoms with Gasteiger partial charge in [0.2, 0.25) is 11.8 Å². The van der Waals surface area contributed by atoms with Crippen molar-refractivity contribution >= 4 is 23.6 Å². The molecule has 156 valence electrons. The Bertz CT molecular complexity index is 661. The Kier molecular flexibility index (Phi) is 8.35. The van der Waals surface area contributed by atoms with E-state index in [1.807, 2.05) is 32.2 Å². The summed E-state index contributed by atoms with van der Waals surface area (Å²) in [7, 11) is 0. The number of hydrogen-bond acceptors (Lipinski definition) is 3. The van der Waals surface area contributed by atoms with Crippen molar-refractivity contribution in [1.29, 1.82) is 0 Å². The highest BCUT2D eigenvalue weighted by molar-refractivity contribution is 7.99. The van der Waals surface area contributed by atoms with E-state index in [-0.39, 0.29) is 22.5 Å². The summed E-state index contributed by atoms with van der Waals surface area (Å²) in [6.07, 6.45) is 9.05. The average Bonchev–Trinajstić information content (AvgIpc) is 2.69. The molecule has 1 aliphatic rings. The fourth-order valence-corrected chi connectivity index (χ4v) is 5.66. The van der Waals surface area contributed by atoms with Crippen LogP contribution in [-0.2, 0) is 16.0 Å². The van der Waals surface area contributed by atoms with Crippen LogP contribution in [0.3, 0.4) is 0 Å². The van der Waals surface area contributed by atoms with Crippen molar-refractivity contribution in [2.45, 2.75) is 76.6 Å². The molecule has 1 aliphatic heterocycles. The number of benzene rings is 1. The Labute approximate surface area is 172 Å². The third kappa shape index (κ3) is 4.70. The number of aryl methyl sites for hydroxylation is 1. The summed E-state index contributed by atoms with van der Waals surface area (Å²) in [5, 5.41) is 0.0333. The molecule has 2 rings (SSSR count). The molecule has 0 aliphatic carbocycles. The van der Waals surface area contributed by atoms with E-state index in [0.717, 1.165) is 50.5 Å². The molecule has 4 nitrogen and oxygen atoms in total. The largest absolute Gasteiger partial charge is 0.368 e. The van der Waals surface area contributed by atoms with E-state index in [9.17, 15) is 14.0 Å². The van der Waals surface area contributed by atoms with Gasteiger partial charge < -0.3 is 10.6 Å². The SMILES string of the molecule is CCC1(CC)C(=O)N(C(CCCCCCc2ccc(F)cc2)C(N)=O)C1SC. The first-order valence-electron chi connectivity index (χ1n) is 10.3. The van der Waals surface area contributed by atoms with Crippen LogP contribution < -0.4 is 5.73 Å². The average molecular weight is 409 g/mol. The molecule has 0 bridgehead atoms. The molecule has 1 fully saturated rings. The van der Waals surface area contributed by atoms with Gasteiger partial charge in [-0.2, -0.15) is 0 Å². The number of halogens is 1. The molecule has 0 aromatic heterocycles. The Morgan fingerprint density at radius 3 is 2.32 bits per heavy atom. The number of likely N-dealkylation sites (tertiary alicyclic amines) is 1. The number of carbonyl (C=O) groups is 2. The highest BCUT2D eigenvalue weighted by atomic mass is 32.2. The molecular formula is C22H33FN2O2S. The summed E-state index contributed by atoms with van der Waals surface area (Å²) in [5.41, 5.74) is 6.45. The van der Waals surface area contributed by atoms with E-state index in [2.05, 4.69) is 0 Å². The lowest BCUT2D eigenvalue weighted by molar-refractivity contribution is -0.172. The topological polar surface area (TPSA) is 63.4 Å². The fourth-order valence-electron chi connectivity index (χ4n) is 4.31. The van der Waals surface area contributed by atoms with Crippen molar-refractivity contribution in [2.24, 2.45) is 11.1 Å². The molecule has 0 radical (unpaired) electrons. The number of nitrogens with zero attached hydrogens (tertiary/aromatic N) is 1. The van der Waals surface area contributed by atoms with Crippen LogP contribution in [-0.4, -0.2) is 34.4 Å². The monoisotopic (exact) mass is 408 g/mol. The van der Waals surface area contributed by atoms with Gasteiger partial charge in [-0.3, -0.25) is 9.59 Å². The van der Waals surface area contributed by atoms with E-state index in [1.165, 1.54) is 12.1 Å². The first kappa shape index (κ1) is 22.7. The van der Waals surface area contributed by atoms with Gasteiger partial charge in [-0.1, -0.05) is 45.2 Å². The molecule has 2 N–H and O–H groups in total. The van der Waals surface area contributed by atoms with E-state index >= 15 is 0 Å². The molecule has 1 heterocycles. The number of hydrogen-bond donors (Lipinski definition) is 1. The van der Waals surface area contributed by atoms with Gasteiger partial charge in [0.25, 0.3) is 0 Å². The standard InChI is InChI=1S/C22H33FN2O2S/c1-4-22(5-2)20(27)25(21(22)28-3)18(19(24)26)11-9-7-6-8-10-16-12-14-17(23)15-13-16/h12-15,18,21H,4-11H2,1-3H3,(H2,24,26). The van der Waals surface area contributed by atoms with Gasteiger partial charge in [0, 0.05) is 0 Å². The lowest BCUT2D eigenvalue weighted by Crippen LogP contribution is -2.71. The molecule has 6 heteroatoms. The normalized spacial score (nSPS) is 19.4. The number of rotatable bonds is 12. The summed E-state index contributed by atoms with van der Waals surface area (Å²) < 4.78 is 12.9. The number of unbranched alkanes of at least 4 members (excludes halogenated alkanes) is 3. The van der Waals surface area contributed by atoms with Gasteiger partial charge >= 0.3 is 0 Å². The Morgan fingerprint density at radius 1 is 1.18 bits per heavy atom. The molecule has 1 aromatic carbocycles. The third-order valence-corrected chi connectivity index (χ3v) is 7.27. The number of amides is 2. The number of carbonyl (C=O) groups excluding carboxylic acids is 2. The number of β-lactam (4-membered cyclic amide) rings is 1. The van der Waals surface area contributed by atoms with Crippen molar-refractivity contribution in [3.05, 3.63) is 35.6 Å². The summed E-state index contributed by atoms with van der Waals surface area (Å²) in [6.45, 7) is 4.09. The number of primary amides is 1. The molecule has 0 saturated carbocycles. The smallest absolute Gasteiger partial charge is 0.240 e. The Morgan fingerprint density at radius 2 is 1.79 bits per heavy atom. The minimum Gasteiger partial charge on any atom is -0.368 e. The third-order valence-electron chi connectivity index (χ3n) is 6.14. The second-order valence-corrected chi connectivity index (χ2v) is 8.58. The molecule has 2 amide bonds. The van der Waals surface area contributed by atoms with Crippen molar-refractivity contribution in [3.8, 4) is 0 Å². The predicted molar refractivity (Wildman–Crippen MR) is 113 cm³/mol. The van der Waals surface area contributed by atoms with Gasteiger partial charge in [0.15, 0.2) is 0 Å². The minimum atomic E-state index is -0.506. The lowest BCUT2D eigenvalue weighted by Gasteiger charge is -2.57. The van der Waals surface area contributed by atoms with E-state index in [4.69, 9.17) is 5.73 Å². The highest BCUT2D eigenvalue weighted by Gasteiger charge is 2.60. The zero-order valence-corrected chi connectivity index (χ0v) is 18.1. The number of nitrogens with two attached hydrogens (primary N) is 1. The summed E-state index contributed by atoms with van der Waals surface area (Å²) >= 11 is 1.64. The van der Waals surface area contributed by atoms with Crippen molar-refractivity contribution in [2.75, 3.05) is 6.26 Å². The van der Waals surface area contributed by atoms with E-state index in [1.54, 1.807) is 16.7 Å². The van der Waals surface area contributed by atoms with Crippen molar-refractivity contribution < 1.29 is 14.0 Å². The van der Waals surface area contributed by atoms with Crippen molar-refractivity contribution in [1.82, 2.24) is 4.90 Å². The highest BCUT2D eigenvalue weighted by Crippen LogP contribution is 2.50. The fraction of sp³-hybridized carbons (Fsp3) is 0.636. The zero-order valence-electron chi connectivity index (χ0n) is 17.2. The molecular weight excluding hydrogens is 375 g/mol. The maximum Gasteiger partial charge on any atom is 0.240 e. The lowest BCUT2D eigenvalue weighted by atomic mass is 9.72. The second-order valence-electron chi connectivity index (χ2n) is 7.66. The second kappa shape index (κ2) is 10.3. The van der Waals surface area contributed by atoms with Gasteiger partial charge in [0.05, 0.1) is 10.8 Å². The molecule has 1 aromatic rings. The van der Waals surface area contributed by atoms with Crippen LogP contribution >= 0.6 is 11.8 Å². The minimum absolute atomic E-state index is 0.0333. The van der Waals surface area contributed by atoms with Crippen LogP contribution in [0.1, 0.15) is 64.4 Å². The molecule has 1 saturated heterocycles. The molecule has 2 unspecified atom stereocenters. The van der Waals surface area contributed by atoms with Gasteiger partial charge in [-0.15, -0.1) is 11.8 Å². The van der Waals surface area contributed by atoms with Crippen LogP contribution in [0.4, 0.5) is 4.39 Å². The summed E-state index contributed by atoms with van der Waals surface area (Å²) in [5.74, 6) is -0.531. The Balaban J connectivity index is 1.81. The Hall–Kier alpha value is -1.56. The number of thioether (sulfide) groups is 1. The molecule has 28 heavy (non-hydrogen) atoms. The van der Waals surface area contributed by atoms with E-state index in [0.29, 0.717) is 6.42 Å². The molecule has 0 spiro atoms. The van der Waals surface area contributed by atoms with Crippen LogP contribution in [0.5, 0.6) is 0 Å². The first-order chi connectivity index (χ1) is 13.4. The van der Waals surface area contributed by atoms with Crippen molar-refractivity contribution in [3.63, 3.8) is 0 Å². The summed E-state index contributed by atoms with van der Waals surface area (Å²) in [6, 6.07) is 6.12. The van der Waals surface area contributed by atoms with Gasteiger partial charge in [-0.25, -0.2) is 4.39 Å². The van der Waals surface area contributed by atoms with Gasteiger partial charge in [0.1, 0.15) is 11.9 Å². The predicted octanol–water partition coefficient (Wildman–Crippen LogP) is 4.51. The zero-order chi connectivity index (χ0) is 20.7. The first-order valence-corrected chi connectivity index (χ1v) is 11.6. The quantitative estimate of drug-likeness (QED) is 0.409. The van der Waals surface area contributed by atoms with Crippen LogP contribution in [0.2, 0.25) is 0 Å². The maximum atomic E-state index is 12.9. The van der Waals surface area contributed by atoms with Crippen LogP contribution in [0.25, 0.3) is 0 Å². The van der Waals surface area contributed by atoms with E-state index < -0.39 is 11.9 Å². The van der Waals surface area contributed by atoms with Crippen LogP contribution in [0, 0.1) is 11.2 Å². The van der Waals surface area contributed by atoms with Gasteiger partial charge in [-0.05, 0) is 56.1 Å². The molecule has 2 atom stereocenters.